The molecular formula is C32H26N5O8P3. The van der Waals surface area contributed by atoms with Crippen molar-refractivity contribution in [3.63, 3.8) is 0 Å². The molecular weight excluding hydrogens is 675 g/mol. The van der Waals surface area contributed by atoms with Gasteiger partial charge in [0.05, 0.1) is 0 Å². The second-order valence-electron chi connectivity index (χ2n) is 10.2. The number of hydrogen-bond acceptors (Lipinski definition) is 11. The van der Waals surface area contributed by atoms with Gasteiger partial charge in [-0.1, -0.05) is 0 Å². The van der Waals surface area contributed by atoms with Crippen LogP contribution in [0.3, 0.4) is 0 Å². The molecule has 3 heterocycles. The zero-order valence-corrected chi connectivity index (χ0v) is 27.6. The number of nitrogens with one attached hydrogen (secondary N) is 1. The van der Waals surface area contributed by atoms with Gasteiger partial charge < -0.3 is 0 Å². The number of carbonyl (C=O) groups is 4. The molecule has 242 valence electrons. The van der Waals surface area contributed by atoms with E-state index in [0.29, 0.717) is 5.01 Å². The van der Waals surface area contributed by atoms with Gasteiger partial charge in [0.15, 0.2) is 0 Å². The van der Waals surface area contributed by atoms with Gasteiger partial charge in [-0.25, -0.2) is 0 Å². The Labute approximate surface area is 276 Å². The molecule has 3 aliphatic rings. The number of para-hydroxylation sites is 4. The first-order valence-electron chi connectivity index (χ1n) is 14.4. The van der Waals surface area contributed by atoms with Crippen molar-refractivity contribution >= 4 is 47.7 Å². The van der Waals surface area contributed by atoms with Crippen LogP contribution < -0.4 is 23.0 Å². The number of hydrogen-bond donors (Lipinski definition) is 1. The third kappa shape index (κ3) is 5.38. The van der Waals surface area contributed by atoms with E-state index in [1.54, 1.807) is 121 Å². The van der Waals surface area contributed by atoms with Crippen LogP contribution in [0.4, 0.5) is 0 Å². The molecule has 0 saturated carbocycles. The van der Waals surface area contributed by atoms with Crippen LogP contribution in [-0.4, -0.2) is 37.9 Å². The van der Waals surface area contributed by atoms with E-state index in [2.05, 4.69) is 4.86 Å². The van der Waals surface area contributed by atoms with Gasteiger partial charge in [0, 0.05) is 0 Å². The molecule has 0 spiro atoms. The third-order valence-corrected chi connectivity index (χ3v) is 16.5. The summed E-state index contributed by atoms with van der Waals surface area (Å²) in [6.45, 7) is 0. The molecule has 0 radical (unpaired) electrons. The van der Waals surface area contributed by atoms with Crippen molar-refractivity contribution < 1.29 is 37.3 Å². The molecule has 1 unspecified atom stereocenters. The number of nitrogens with zero attached hydrogens (tertiary/aromatic N) is 4. The summed E-state index contributed by atoms with van der Waals surface area (Å²) in [5.74, 6) is -2.69. The average Bonchev–Trinajstić information content (AvgIpc) is 3.62. The first-order valence-corrected chi connectivity index (χ1v) is 18.9. The van der Waals surface area contributed by atoms with Crippen LogP contribution in [-0.2, 0) is 19.2 Å². The summed E-state index contributed by atoms with van der Waals surface area (Å²) >= 11 is 0. The van der Waals surface area contributed by atoms with Crippen molar-refractivity contribution in [3.8, 4) is 23.0 Å². The van der Waals surface area contributed by atoms with Crippen LogP contribution >= 0.6 is 24.1 Å². The molecule has 0 fully saturated rings. The molecule has 4 aromatic rings. The fraction of sp³-hybridized carbons (Fsp3) is 0. The molecule has 1 N–H and O–H groups in total. The molecule has 7 rings (SSSR count). The molecule has 4 aromatic carbocycles. The van der Waals surface area contributed by atoms with Gasteiger partial charge in [-0.2, -0.15) is 0 Å². The van der Waals surface area contributed by atoms with Gasteiger partial charge in [-0.3, -0.25) is 0 Å². The monoisotopic (exact) mass is 701 g/mol. The first kappa shape index (κ1) is 31.4. The number of rotatable bonds is 10. The van der Waals surface area contributed by atoms with Crippen LogP contribution in [0.1, 0.15) is 0 Å². The zero-order chi connectivity index (χ0) is 33.2. The molecule has 1 atom stereocenters. The van der Waals surface area contributed by atoms with Crippen LogP contribution in [0.15, 0.2) is 150 Å². The van der Waals surface area contributed by atoms with Crippen molar-refractivity contribution in [3.05, 3.63) is 146 Å². The van der Waals surface area contributed by atoms with Gasteiger partial charge in [0.25, 0.3) is 0 Å². The topological polar surface area (TPSA) is 139 Å². The summed E-state index contributed by atoms with van der Waals surface area (Å²) in [5, 5.41) is 0.697. The molecule has 3 aliphatic heterocycles. The molecule has 0 aliphatic carbocycles. The second-order valence-corrected chi connectivity index (χ2v) is 17.1. The molecule has 0 bridgehead atoms. The summed E-state index contributed by atoms with van der Waals surface area (Å²) < 4.78 is 33.9. The maximum absolute atomic E-state index is 14.0. The van der Waals surface area contributed by atoms with Gasteiger partial charge in [-0.05, 0) is 0 Å². The summed E-state index contributed by atoms with van der Waals surface area (Å²) in [5.41, 5.74) is 0. The minimum absolute atomic E-state index is 0.118. The summed E-state index contributed by atoms with van der Waals surface area (Å²) in [4.78, 5) is 59.1. The Kier molecular flexibility index (Phi) is 8.17. The Balaban J connectivity index is 1.61. The Bertz CT molecular complexity index is 1890. The van der Waals surface area contributed by atoms with Crippen LogP contribution in [0.2, 0.25) is 0 Å². The third-order valence-electron chi connectivity index (χ3n) is 7.02. The quantitative estimate of drug-likeness (QED) is 0.143. The van der Waals surface area contributed by atoms with E-state index >= 15 is 0 Å². The summed E-state index contributed by atoms with van der Waals surface area (Å²) in [6.07, 6.45) is 4.19. The Hall–Kier alpha value is -5.15. The first-order chi connectivity index (χ1) is 23.3. The van der Waals surface area contributed by atoms with Crippen LogP contribution in [0.5, 0.6) is 23.0 Å². The Morgan fingerprint density at radius 2 is 0.917 bits per heavy atom. The van der Waals surface area contributed by atoms with Crippen molar-refractivity contribution in [1.29, 1.82) is 0 Å². The van der Waals surface area contributed by atoms with Gasteiger partial charge in [0.2, 0.25) is 0 Å². The van der Waals surface area contributed by atoms with E-state index in [0.717, 1.165) is 33.5 Å². The number of benzene rings is 4. The number of amides is 4. The standard InChI is InChI=1S/C32H26N5O8P3/c38-29-21-22-30(39)35(29)37-47(42-25-13-5-1-6-14-25,43-26-15-7-2-8-16-26)33-46-34-48(37,36-31(40)23-24-32(36)41,44-27-17-9-3-10-18-27)45-28-19-11-4-12-20-28/h1-24,34,46H. The number of imide groups is 2. The summed E-state index contributed by atoms with van der Waals surface area (Å²) in [6, 6.07) is 33.5. The minimum atomic E-state index is -5.86. The van der Waals surface area contributed by atoms with Crippen molar-refractivity contribution in [1.82, 2.24) is 19.1 Å². The van der Waals surface area contributed by atoms with Crippen molar-refractivity contribution in [2.24, 2.45) is 4.52 Å². The van der Waals surface area contributed by atoms with E-state index in [4.69, 9.17) is 22.6 Å². The fourth-order valence-corrected chi connectivity index (χ4v) is 15.9. The summed E-state index contributed by atoms with van der Waals surface area (Å²) in [7, 11) is -10.9. The zero-order valence-electron chi connectivity index (χ0n) is 24.8. The van der Waals surface area contributed by atoms with Crippen LogP contribution in [0, 0.1) is 0 Å². The Morgan fingerprint density at radius 3 is 1.33 bits per heavy atom. The van der Waals surface area contributed by atoms with E-state index < -0.39 is 47.7 Å². The maximum atomic E-state index is 14.0. The molecule has 13 nitrogen and oxygen atoms in total. The van der Waals surface area contributed by atoms with Crippen molar-refractivity contribution in [2.45, 2.75) is 0 Å². The van der Waals surface area contributed by atoms with Gasteiger partial charge in [-0.15, -0.1) is 0 Å². The molecule has 0 aromatic heterocycles. The van der Waals surface area contributed by atoms with Gasteiger partial charge in [0.1, 0.15) is 0 Å². The Morgan fingerprint density at radius 1 is 0.542 bits per heavy atom. The normalized spacial score (nSPS) is 20.6. The predicted molar refractivity (Wildman–Crippen MR) is 180 cm³/mol. The molecule has 4 amide bonds. The fourth-order valence-electron chi connectivity index (χ4n) is 5.10. The van der Waals surface area contributed by atoms with E-state index in [1.165, 1.54) is 0 Å². The number of carbonyl (C=O) groups excluding carboxylic acids is 4. The SMILES string of the molecule is O=C1C=CC(=O)N1N1P(Oc2ccccc2)(Oc2ccccc2)=NPNP1(Oc1ccccc1)(Oc1ccccc1)N1C(=O)C=CC1=O. The molecule has 0 saturated heterocycles. The van der Waals surface area contributed by atoms with E-state index in [9.17, 15) is 19.2 Å². The van der Waals surface area contributed by atoms with E-state index in [1.807, 2.05) is 0 Å². The molecule has 48 heavy (non-hydrogen) atoms. The second kappa shape index (κ2) is 12.5. The van der Waals surface area contributed by atoms with Crippen LogP contribution in [0.25, 0.3) is 0 Å². The number of hydrazine groups is 1. The van der Waals surface area contributed by atoms with Gasteiger partial charge >= 0.3 is 277 Å². The predicted octanol–water partition coefficient (Wildman–Crippen LogP) is 6.56. The molecule has 16 heteroatoms. The average molecular weight is 702 g/mol. The van der Waals surface area contributed by atoms with Crippen molar-refractivity contribution in [2.75, 3.05) is 0 Å². The van der Waals surface area contributed by atoms with E-state index in [-0.39, 0.29) is 23.0 Å².